The summed E-state index contributed by atoms with van der Waals surface area (Å²) < 4.78 is 0. The van der Waals surface area contributed by atoms with Crippen LogP contribution >= 0.6 is 11.3 Å². The molecule has 0 bridgehead atoms. The Balaban J connectivity index is 2.75. The molecule has 0 aliphatic carbocycles. The van der Waals surface area contributed by atoms with Gasteiger partial charge in [0.15, 0.2) is 0 Å². The van der Waals surface area contributed by atoms with Crippen LogP contribution in [-0.4, -0.2) is 0 Å². The number of rotatable bonds is 3. The third kappa shape index (κ3) is 3.35. The average Bonchev–Trinajstić information content (AvgIpc) is 2.51. The van der Waals surface area contributed by atoms with Gasteiger partial charge in [-0.2, -0.15) is 0 Å². The average molecular weight is 204 g/mol. The Hall–Kier alpha value is -1.08. The second-order valence-electron chi connectivity index (χ2n) is 3.47. The van der Waals surface area contributed by atoms with E-state index in [0.29, 0.717) is 0 Å². The van der Waals surface area contributed by atoms with E-state index in [4.69, 9.17) is 0 Å². The molecule has 1 aromatic heterocycles. The Morgan fingerprint density at radius 2 is 2.07 bits per heavy atom. The van der Waals surface area contributed by atoms with E-state index in [0.717, 1.165) is 5.57 Å². The summed E-state index contributed by atoms with van der Waals surface area (Å²) in [5.74, 6) is 0. The number of thiophene rings is 1. The molecule has 0 saturated heterocycles. The molecular formula is C13H16S. The SMILES string of the molecule is C=C(C)/C=C\C=C(/C)c1ccc(C)s1. The maximum atomic E-state index is 3.82. The number of aryl methyl sites for hydroxylation is 1. The van der Waals surface area contributed by atoms with E-state index in [1.807, 2.05) is 30.4 Å². The molecule has 14 heavy (non-hydrogen) atoms. The summed E-state index contributed by atoms with van der Waals surface area (Å²) in [5, 5.41) is 0. The van der Waals surface area contributed by atoms with Crippen molar-refractivity contribution in [1.82, 2.24) is 0 Å². The summed E-state index contributed by atoms with van der Waals surface area (Å²) in [6.45, 7) is 10.1. The van der Waals surface area contributed by atoms with E-state index in [2.05, 4.69) is 38.6 Å². The first-order valence-electron chi connectivity index (χ1n) is 4.67. The van der Waals surface area contributed by atoms with Crippen molar-refractivity contribution in [2.45, 2.75) is 20.8 Å². The van der Waals surface area contributed by atoms with Gasteiger partial charge >= 0.3 is 0 Å². The van der Waals surface area contributed by atoms with Gasteiger partial charge in [-0.25, -0.2) is 0 Å². The highest BCUT2D eigenvalue weighted by Gasteiger charge is 1.96. The molecule has 0 aliphatic heterocycles. The normalized spacial score (nSPS) is 12.4. The maximum Gasteiger partial charge on any atom is 0.0302 e. The maximum absolute atomic E-state index is 3.82. The van der Waals surface area contributed by atoms with Gasteiger partial charge in [-0.1, -0.05) is 30.4 Å². The van der Waals surface area contributed by atoms with Gasteiger partial charge < -0.3 is 0 Å². The Morgan fingerprint density at radius 1 is 1.36 bits per heavy atom. The zero-order chi connectivity index (χ0) is 10.6. The first-order valence-corrected chi connectivity index (χ1v) is 5.48. The Labute approximate surface area is 90.3 Å². The molecule has 0 nitrogen and oxygen atoms in total. The highest BCUT2D eigenvalue weighted by Crippen LogP contribution is 2.23. The molecule has 0 radical (unpaired) electrons. The standard InChI is InChI=1S/C13H16S/c1-10(2)6-5-7-11(3)13-9-8-12(4)14-13/h5-9H,1H2,2-4H3/b6-5-,11-7+. The molecule has 0 aliphatic rings. The first kappa shape index (κ1) is 11.0. The molecule has 0 N–H and O–H groups in total. The van der Waals surface area contributed by atoms with E-state index in [9.17, 15) is 0 Å². The molecule has 0 spiro atoms. The van der Waals surface area contributed by atoms with E-state index in [-0.39, 0.29) is 0 Å². The third-order valence-corrected chi connectivity index (χ3v) is 2.99. The molecule has 0 amide bonds. The lowest BCUT2D eigenvalue weighted by Crippen LogP contribution is -1.69. The highest BCUT2D eigenvalue weighted by molar-refractivity contribution is 7.13. The van der Waals surface area contributed by atoms with Gasteiger partial charge in [0.25, 0.3) is 0 Å². The lowest BCUT2D eigenvalue weighted by molar-refractivity contribution is 1.56. The quantitative estimate of drug-likeness (QED) is 0.632. The molecule has 1 aromatic rings. The number of hydrogen-bond donors (Lipinski definition) is 0. The fraction of sp³-hybridized carbons (Fsp3) is 0.231. The molecule has 74 valence electrons. The predicted molar refractivity (Wildman–Crippen MR) is 66.7 cm³/mol. The van der Waals surface area contributed by atoms with Crippen LogP contribution < -0.4 is 0 Å². The van der Waals surface area contributed by atoms with Gasteiger partial charge in [0, 0.05) is 9.75 Å². The molecule has 0 fully saturated rings. The van der Waals surface area contributed by atoms with Crippen LogP contribution in [0, 0.1) is 6.92 Å². The van der Waals surface area contributed by atoms with Crippen molar-refractivity contribution < 1.29 is 0 Å². The minimum Gasteiger partial charge on any atom is -0.141 e. The van der Waals surface area contributed by atoms with E-state index >= 15 is 0 Å². The van der Waals surface area contributed by atoms with Gasteiger partial charge in [0.2, 0.25) is 0 Å². The molecular weight excluding hydrogens is 188 g/mol. The van der Waals surface area contributed by atoms with Crippen LogP contribution in [0.15, 0.2) is 42.5 Å². The zero-order valence-corrected chi connectivity index (χ0v) is 9.82. The van der Waals surface area contributed by atoms with Crippen molar-refractivity contribution in [3.05, 3.63) is 52.3 Å². The summed E-state index contributed by atoms with van der Waals surface area (Å²) in [5.41, 5.74) is 2.39. The van der Waals surface area contributed by atoms with Crippen LogP contribution in [0.2, 0.25) is 0 Å². The largest absolute Gasteiger partial charge is 0.141 e. The summed E-state index contributed by atoms with van der Waals surface area (Å²) in [6.07, 6.45) is 6.19. The third-order valence-electron chi connectivity index (χ3n) is 1.86. The van der Waals surface area contributed by atoms with Crippen LogP contribution in [0.1, 0.15) is 23.6 Å². The van der Waals surface area contributed by atoms with Crippen LogP contribution in [0.4, 0.5) is 0 Å². The Morgan fingerprint density at radius 3 is 2.57 bits per heavy atom. The molecule has 0 atom stereocenters. The number of hydrogen-bond acceptors (Lipinski definition) is 1. The van der Waals surface area contributed by atoms with Gasteiger partial charge in [-0.05, 0) is 38.5 Å². The van der Waals surface area contributed by atoms with Crippen molar-refractivity contribution in [1.29, 1.82) is 0 Å². The van der Waals surface area contributed by atoms with Gasteiger partial charge in [-0.15, -0.1) is 11.3 Å². The Bertz CT molecular complexity index is 378. The van der Waals surface area contributed by atoms with Crippen LogP contribution in [0.3, 0.4) is 0 Å². The lowest BCUT2D eigenvalue weighted by atomic mass is 10.2. The van der Waals surface area contributed by atoms with E-state index in [1.165, 1.54) is 15.3 Å². The molecule has 0 saturated carbocycles. The molecule has 1 rings (SSSR count). The van der Waals surface area contributed by atoms with Gasteiger partial charge in [0.1, 0.15) is 0 Å². The smallest absolute Gasteiger partial charge is 0.0302 e. The van der Waals surface area contributed by atoms with Crippen molar-refractivity contribution >= 4 is 16.9 Å². The monoisotopic (exact) mass is 204 g/mol. The van der Waals surface area contributed by atoms with Gasteiger partial charge in [-0.3, -0.25) is 0 Å². The van der Waals surface area contributed by atoms with Crippen LogP contribution in [0.25, 0.3) is 5.57 Å². The van der Waals surface area contributed by atoms with Crippen molar-refractivity contribution in [2.24, 2.45) is 0 Å². The second kappa shape index (κ2) is 4.97. The zero-order valence-electron chi connectivity index (χ0n) is 9.00. The second-order valence-corrected chi connectivity index (χ2v) is 4.75. The van der Waals surface area contributed by atoms with Crippen LogP contribution in [0.5, 0.6) is 0 Å². The van der Waals surface area contributed by atoms with Crippen molar-refractivity contribution in [2.75, 3.05) is 0 Å². The molecule has 0 aromatic carbocycles. The topological polar surface area (TPSA) is 0 Å². The fourth-order valence-corrected chi connectivity index (χ4v) is 1.93. The molecule has 1 heteroatoms. The predicted octanol–water partition coefficient (Wildman–Crippen LogP) is 4.59. The van der Waals surface area contributed by atoms with Crippen LogP contribution in [-0.2, 0) is 0 Å². The summed E-state index contributed by atoms with van der Waals surface area (Å²) in [4.78, 5) is 2.70. The summed E-state index contributed by atoms with van der Waals surface area (Å²) >= 11 is 1.83. The summed E-state index contributed by atoms with van der Waals surface area (Å²) in [6, 6.07) is 4.32. The Kier molecular flexibility index (Phi) is 3.90. The van der Waals surface area contributed by atoms with E-state index < -0.39 is 0 Å². The van der Waals surface area contributed by atoms with Crippen molar-refractivity contribution in [3.8, 4) is 0 Å². The molecule has 0 unspecified atom stereocenters. The minimum absolute atomic E-state index is 1.08. The first-order chi connectivity index (χ1) is 6.59. The van der Waals surface area contributed by atoms with Crippen molar-refractivity contribution in [3.63, 3.8) is 0 Å². The van der Waals surface area contributed by atoms with Gasteiger partial charge in [0.05, 0.1) is 0 Å². The highest BCUT2D eigenvalue weighted by atomic mass is 32.1. The fourth-order valence-electron chi connectivity index (χ4n) is 1.09. The number of allylic oxidation sites excluding steroid dienone is 5. The molecule has 1 heterocycles. The lowest BCUT2D eigenvalue weighted by Gasteiger charge is -1.93. The summed E-state index contributed by atoms with van der Waals surface area (Å²) in [7, 11) is 0. The van der Waals surface area contributed by atoms with E-state index in [1.54, 1.807) is 0 Å². The minimum atomic E-state index is 1.08.